The van der Waals surface area contributed by atoms with Crippen LogP contribution in [0.2, 0.25) is 0 Å². The van der Waals surface area contributed by atoms with Crippen molar-refractivity contribution in [1.82, 2.24) is 4.98 Å². The van der Waals surface area contributed by atoms with Crippen molar-refractivity contribution in [2.24, 2.45) is 17.3 Å². The van der Waals surface area contributed by atoms with E-state index in [1.165, 1.54) is 11.1 Å². The third-order valence-electron chi connectivity index (χ3n) is 7.38. The number of hydrogen-bond acceptors (Lipinski definition) is 3. The molecule has 0 saturated heterocycles. The Hall–Kier alpha value is -2.42. The lowest BCUT2D eigenvalue weighted by Gasteiger charge is -2.48. The van der Waals surface area contributed by atoms with Gasteiger partial charge in [-0.25, -0.2) is 0 Å². The highest BCUT2D eigenvalue weighted by atomic mass is 16.3. The fraction of sp³-hybridized carbons (Fsp3) is 0.417. The van der Waals surface area contributed by atoms with E-state index in [1.54, 1.807) is 6.20 Å². The maximum Gasteiger partial charge on any atom is 0.165 e. The number of nitrogens with zero attached hydrogens (tertiary/aromatic N) is 1. The zero-order valence-corrected chi connectivity index (χ0v) is 15.7. The molecule has 0 bridgehead atoms. The van der Waals surface area contributed by atoms with Gasteiger partial charge >= 0.3 is 0 Å². The van der Waals surface area contributed by atoms with Crippen molar-refractivity contribution in [3.05, 3.63) is 65.0 Å². The van der Waals surface area contributed by atoms with E-state index >= 15 is 0 Å². The van der Waals surface area contributed by atoms with Crippen LogP contribution in [0.15, 0.2) is 48.3 Å². The van der Waals surface area contributed by atoms with Crippen molar-refractivity contribution in [3.8, 4) is 5.75 Å². The van der Waals surface area contributed by atoms with Gasteiger partial charge in [-0.05, 0) is 96.4 Å². The molecule has 1 aromatic carbocycles. The summed E-state index contributed by atoms with van der Waals surface area (Å²) in [7, 11) is 0. The number of rotatable bonds is 1. The van der Waals surface area contributed by atoms with E-state index in [0.717, 1.165) is 43.2 Å². The Morgan fingerprint density at radius 1 is 1.26 bits per heavy atom. The van der Waals surface area contributed by atoms with Gasteiger partial charge < -0.3 is 5.11 Å². The maximum atomic E-state index is 13.3. The highest BCUT2D eigenvalue weighted by Crippen LogP contribution is 2.60. The molecule has 2 fully saturated rings. The van der Waals surface area contributed by atoms with Crippen molar-refractivity contribution < 1.29 is 9.90 Å². The van der Waals surface area contributed by atoms with E-state index in [9.17, 15) is 9.90 Å². The van der Waals surface area contributed by atoms with Gasteiger partial charge in [0.2, 0.25) is 0 Å². The molecule has 0 amide bonds. The molecule has 3 nitrogen and oxygen atoms in total. The number of phenols is 1. The Balaban J connectivity index is 1.50. The van der Waals surface area contributed by atoms with Crippen LogP contribution in [0.1, 0.15) is 55.2 Å². The van der Waals surface area contributed by atoms with Crippen LogP contribution in [-0.4, -0.2) is 15.9 Å². The molecule has 138 valence electrons. The van der Waals surface area contributed by atoms with Crippen LogP contribution in [0, 0.1) is 17.3 Å². The molecule has 3 heteroatoms. The Kier molecular flexibility index (Phi) is 3.75. The molecule has 0 unspecified atom stereocenters. The zero-order chi connectivity index (χ0) is 18.6. The minimum Gasteiger partial charge on any atom is -0.508 e. The predicted molar refractivity (Wildman–Crippen MR) is 105 cm³/mol. The normalized spacial score (nSPS) is 33.4. The topological polar surface area (TPSA) is 50.2 Å². The predicted octanol–water partition coefficient (Wildman–Crippen LogP) is 4.91. The van der Waals surface area contributed by atoms with Gasteiger partial charge in [0.05, 0.1) is 0 Å². The van der Waals surface area contributed by atoms with Gasteiger partial charge in [-0.3, -0.25) is 9.78 Å². The minimum absolute atomic E-state index is 0.219. The number of pyridine rings is 1. The second-order valence-corrected chi connectivity index (χ2v) is 8.74. The van der Waals surface area contributed by atoms with Crippen LogP contribution in [0.3, 0.4) is 0 Å². The van der Waals surface area contributed by atoms with Crippen molar-refractivity contribution in [3.63, 3.8) is 0 Å². The quantitative estimate of drug-likeness (QED) is 0.736. The van der Waals surface area contributed by atoms with Crippen molar-refractivity contribution in [2.75, 3.05) is 0 Å². The molecule has 3 aliphatic carbocycles. The van der Waals surface area contributed by atoms with Gasteiger partial charge in [0.15, 0.2) is 5.78 Å². The van der Waals surface area contributed by atoms with Gasteiger partial charge in [-0.2, -0.15) is 0 Å². The van der Waals surface area contributed by atoms with Crippen molar-refractivity contribution >= 4 is 11.9 Å². The third-order valence-corrected chi connectivity index (χ3v) is 7.38. The van der Waals surface area contributed by atoms with Gasteiger partial charge in [-0.1, -0.05) is 19.1 Å². The number of carbonyl (C=O) groups excluding carboxylic acids is 1. The summed E-state index contributed by atoms with van der Waals surface area (Å²) in [4.78, 5) is 17.5. The maximum absolute atomic E-state index is 13.3. The summed E-state index contributed by atoms with van der Waals surface area (Å²) in [6, 6.07) is 9.82. The first-order valence-corrected chi connectivity index (χ1v) is 10.0. The van der Waals surface area contributed by atoms with E-state index < -0.39 is 0 Å². The van der Waals surface area contributed by atoms with Gasteiger partial charge in [0, 0.05) is 17.8 Å². The highest BCUT2D eigenvalue weighted by Gasteiger charge is 2.56. The summed E-state index contributed by atoms with van der Waals surface area (Å²) in [5.74, 6) is 2.23. The number of hydrogen-bond donors (Lipinski definition) is 1. The van der Waals surface area contributed by atoms with E-state index in [-0.39, 0.29) is 5.41 Å². The fourth-order valence-electron chi connectivity index (χ4n) is 6.03. The number of ketones is 1. The first kappa shape index (κ1) is 16.7. The largest absolute Gasteiger partial charge is 0.508 e. The van der Waals surface area contributed by atoms with Crippen molar-refractivity contribution in [2.45, 2.75) is 44.9 Å². The molecule has 5 rings (SSSR count). The van der Waals surface area contributed by atoms with Crippen LogP contribution < -0.4 is 0 Å². The lowest BCUT2D eigenvalue weighted by atomic mass is 9.55. The van der Waals surface area contributed by atoms with Crippen molar-refractivity contribution in [1.29, 1.82) is 0 Å². The summed E-state index contributed by atoms with van der Waals surface area (Å²) in [5, 5.41) is 9.83. The number of fused-ring (bicyclic) bond motifs is 5. The number of Topliss-reactive ketones (excluding diaryl/α,β-unsaturated/α-hetero) is 1. The Bertz CT molecular complexity index is 933. The molecule has 4 atom stereocenters. The Morgan fingerprint density at radius 2 is 2.15 bits per heavy atom. The number of aromatic hydroxyl groups is 1. The second-order valence-electron chi connectivity index (χ2n) is 8.74. The molecule has 2 aromatic rings. The van der Waals surface area contributed by atoms with E-state index in [1.807, 2.05) is 30.5 Å². The molecule has 0 spiro atoms. The average molecular weight is 359 g/mol. The Morgan fingerprint density at radius 3 is 2.96 bits per heavy atom. The molecule has 1 aromatic heterocycles. The summed E-state index contributed by atoms with van der Waals surface area (Å²) in [6.45, 7) is 2.20. The van der Waals surface area contributed by atoms with Gasteiger partial charge in [-0.15, -0.1) is 0 Å². The molecule has 1 heterocycles. The molecular formula is C24H25NO2. The van der Waals surface area contributed by atoms with E-state index in [4.69, 9.17) is 0 Å². The lowest BCUT2D eigenvalue weighted by Crippen LogP contribution is -2.42. The summed E-state index contributed by atoms with van der Waals surface area (Å²) in [6.07, 6.45) is 10.7. The monoisotopic (exact) mass is 359 g/mol. The number of allylic oxidation sites excluding steroid dienone is 1. The third kappa shape index (κ3) is 2.55. The van der Waals surface area contributed by atoms with Crippen LogP contribution in [0.5, 0.6) is 5.75 Å². The van der Waals surface area contributed by atoms with Crippen LogP contribution in [0.25, 0.3) is 6.08 Å². The lowest BCUT2D eigenvalue weighted by molar-refractivity contribution is -0.127. The number of phenolic OH excluding ortho intramolecular Hbond substituents is 1. The fourth-order valence-corrected chi connectivity index (χ4v) is 6.03. The zero-order valence-electron chi connectivity index (χ0n) is 15.7. The number of benzene rings is 1. The molecule has 1 N–H and O–H groups in total. The summed E-state index contributed by atoms with van der Waals surface area (Å²) in [5.41, 5.74) is 4.49. The molecule has 0 aliphatic heterocycles. The molecule has 3 aliphatic rings. The van der Waals surface area contributed by atoms with Crippen LogP contribution in [-0.2, 0) is 11.2 Å². The smallest absolute Gasteiger partial charge is 0.165 e. The molecule has 2 saturated carbocycles. The second kappa shape index (κ2) is 6.05. The van der Waals surface area contributed by atoms with E-state index in [2.05, 4.69) is 24.1 Å². The SMILES string of the molecule is C[C@]12CC[C@@H]3c4ccc(O)cc4CC[C@H]3[C@@H]1CC(=Cc1cccnc1)C2=O. The first-order valence-electron chi connectivity index (χ1n) is 10.0. The van der Waals surface area contributed by atoms with E-state index in [0.29, 0.717) is 29.3 Å². The molecule has 0 radical (unpaired) electrons. The van der Waals surface area contributed by atoms with Crippen LogP contribution in [0.4, 0.5) is 0 Å². The first-order chi connectivity index (χ1) is 13.1. The van der Waals surface area contributed by atoms with Gasteiger partial charge in [0.25, 0.3) is 0 Å². The highest BCUT2D eigenvalue weighted by molar-refractivity contribution is 6.05. The summed E-state index contributed by atoms with van der Waals surface area (Å²) >= 11 is 0. The van der Waals surface area contributed by atoms with Crippen LogP contribution >= 0.6 is 0 Å². The summed E-state index contributed by atoms with van der Waals surface area (Å²) < 4.78 is 0. The average Bonchev–Trinajstić information content (AvgIpc) is 2.93. The minimum atomic E-state index is -0.219. The van der Waals surface area contributed by atoms with Gasteiger partial charge in [0.1, 0.15) is 5.75 Å². The molecule has 27 heavy (non-hydrogen) atoms. The molecular weight excluding hydrogens is 334 g/mol. The number of aromatic nitrogens is 1. The Labute approximate surface area is 160 Å². The standard InChI is InChI=1S/C24H25NO2/c1-24-9-8-20-19-7-5-18(26)12-16(19)4-6-21(20)22(24)13-17(23(24)27)11-15-3-2-10-25-14-15/h2-3,5,7,10-12,14,20-22,26H,4,6,8-9,13H2,1H3/t20-,21-,22+,24+/m1/s1. The number of aryl methyl sites for hydroxylation is 1. The number of carbonyl (C=O) groups is 1.